The molecule has 2 N–H and O–H groups in total. The molecule has 0 bridgehead atoms. The second kappa shape index (κ2) is 42.0. The Hall–Kier alpha value is -2.18. The van der Waals surface area contributed by atoms with Crippen molar-refractivity contribution in [3.05, 3.63) is 48.6 Å². The molecule has 2 unspecified atom stereocenters. The van der Waals surface area contributed by atoms with Gasteiger partial charge in [0.2, 0.25) is 0 Å². The molecule has 0 aliphatic heterocycles. The lowest BCUT2D eigenvalue weighted by atomic mass is 9.99. The predicted octanol–water partition coefficient (Wildman–Crippen LogP) is 13.4. The van der Waals surface area contributed by atoms with E-state index in [0.29, 0.717) is 19.3 Å². The first kappa shape index (κ1) is 51.8. The van der Waals surface area contributed by atoms with Gasteiger partial charge in [-0.15, -0.1) is 0 Å². The normalized spacial score (nSPS) is 13.8. The van der Waals surface area contributed by atoms with Crippen molar-refractivity contribution in [2.75, 3.05) is 13.2 Å². The first-order valence-electron chi connectivity index (χ1n) is 22.7. The van der Waals surface area contributed by atoms with Gasteiger partial charge in [0.15, 0.2) is 6.10 Å². The lowest BCUT2D eigenvalue weighted by Crippen LogP contribution is -2.28. The van der Waals surface area contributed by atoms with Crippen LogP contribution in [-0.4, -0.2) is 47.6 Å². The van der Waals surface area contributed by atoms with Gasteiger partial charge in [-0.1, -0.05) is 198 Å². The van der Waals surface area contributed by atoms with Crippen molar-refractivity contribution in [3.8, 4) is 0 Å². The van der Waals surface area contributed by atoms with Crippen molar-refractivity contribution in [2.24, 2.45) is 5.92 Å². The number of esters is 2. The first-order valence-corrected chi connectivity index (χ1v) is 22.7. The largest absolute Gasteiger partial charge is 0.462 e. The number of hydrogen-bond acceptors (Lipinski definition) is 6. The van der Waals surface area contributed by atoms with Crippen molar-refractivity contribution < 1.29 is 29.3 Å². The minimum absolute atomic E-state index is 0.104. The third-order valence-corrected chi connectivity index (χ3v) is 10.2. The number of rotatable bonds is 40. The molecule has 0 aromatic rings. The first-order chi connectivity index (χ1) is 26.4. The lowest BCUT2D eigenvalue weighted by molar-refractivity contribution is -0.161. The number of carbonyl (C=O) groups excluding carboxylic acids is 2. The average Bonchev–Trinajstić information content (AvgIpc) is 3.17. The summed E-state index contributed by atoms with van der Waals surface area (Å²) in [5.74, 6) is 0.238. The maximum absolute atomic E-state index is 12.2. The van der Waals surface area contributed by atoms with Crippen LogP contribution in [0.4, 0.5) is 0 Å². The van der Waals surface area contributed by atoms with Crippen LogP contribution < -0.4 is 0 Å². The van der Waals surface area contributed by atoms with Crippen LogP contribution in [-0.2, 0) is 19.1 Å². The van der Waals surface area contributed by atoms with Crippen LogP contribution in [0.25, 0.3) is 0 Å². The van der Waals surface area contributed by atoms with Gasteiger partial charge in [-0.3, -0.25) is 9.59 Å². The second-order valence-electron chi connectivity index (χ2n) is 15.6. The van der Waals surface area contributed by atoms with E-state index in [-0.39, 0.29) is 31.3 Å². The van der Waals surface area contributed by atoms with Gasteiger partial charge in [0.1, 0.15) is 6.61 Å². The van der Waals surface area contributed by atoms with Crippen LogP contribution in [0.3, 0.4) is 0 Å². The molecule has 0 aliphatic carbocycles. The molecule has 0 amide bonds. The van der Waals surface area contributed by atoms with Crippen LogP contribution in [0.2, 0.25) is 0 Å². The van der Waals surface area contributed by atoms with Gasteiger partial charge in [-0.2, -0.15) is 0 Å². The Labute approximate surface area is 333 Å². The van der Waals surface area contributed by atoms with Crippen molar-refractivity contribution in [1.29, 1.82) is 0 Å². The van der Waals surface area contributed by atoms with Gasteiger partial charge in [-0.05, 0) is 57.3 Å². The topological polar surface area (TPSA) is 93.1 Å². The van der Waals surface area contributed by atoms with E-state index in [2.05, 4.69) is 69.4 Å². The highest BCUT2D eigenvalue weighted by Gasteiger charge is 2.16. The molecule has 3 atom stereocenters. The van der Waals surface area contributed by atoms with Gasteiger partial charge in [0.05, 0.1) is 12.7 Å². The van der Waals surface area contributed by atoms with Crippen LogP contribution in [0.15, 0.2) is 48.6 Å². The van der Waals surface area contributed by atoms with Crippen LogP contribution in [0.1, 0.15) is 213 Å². The van der Waals surface area contributed by atoms with E-state index in [1.54, 1.807) is 0 Å². The summed E-state index contributed by atoms with van der Waals surface area (Å²) in [5, 5.41) is 19.3. The standard InChI is InChI=1S/C48H86O6/c1-4-37-45(50)39-34-30-26-22-18-14-12-16-19-23-27-31-35-40-47(51)53-43-46(42-49)54-48(52)41-36-32-28-24-20-15-11-9-7-6-8-10-13-17-21-25-29-33-38-44(3)5-2/h12,16,18,22-23,27,30,34,44-46,49-50H,4-11,13-15,17,19-21,24-26,28-29,31-33,35-43H2,1-3H3/b16-12-,22-18-,27-23-,34-30-/t44?,45?,46-/m0/s1. The maximum Gasteiger partial charge on any atom is 0.306 e. The number of unbranched alkanes of at least 4 members (excludes halogenated alkanes) is 18. The monoisotopic (exact) mass is 759 g/mol. The van der Waals surface area contributed by atoms with Crippen LogP contribution >= 0.6 is 0 Å². The predicted molar refractivity (Wildman–Crippen MR) is 230 cm³/mol. The Kier molecular flexibility index (Phi) is 40.3. The number of ether oxygens (including phenoxy) is 2. The molecule has 0 radical (unpaired) electrons. The summed E-state index contributed by atoms with van der Waals surface area (Å²) in [6.45, 7) is 6.30. The van der Waals surface area contributed by atoms with Crippen molar-refractivity contribution in [2.45, 2.75) is 226 Å². The molecule has 6 heteroatoms. The van der Waals surface area contributed by atoms with Crippen molar-refractivity contribution in [3.63, 3.8) is 0 Å². The Morgan fingerprint density at radius 3 is 1.48 bits per heavy atom. The zero-order chi connectivity index (χ0) is 39.6. The highest BCUT2D eigenvalue weighted by molar-refractivity contribution is 5.70. The summed E-state index contributed by atoms with van der Waals surface area (Å²) in [7, 11) is 0. The Bertz CT molecular complexity index is 937. The van der Waals surface area contributed by atoms with E-state index in [1.165, 1.54) is 109 Å². The summed E-state index contributed by atoms with van der Waals surface area (Å²) < 4.78 is 10.6. The zero-order valence-corrected chi connectivity index (χ0v) is 35.5. The van der Waals surface area contributed by atoms with E-state index in [9.17, 15) is 19.8 Å². The molecular weight excluding hydrogens is 673 g/mol. The number of allylic oxidation sites excluding steroid dienone is 7. The molecule has 0 saturated carbocycles. The van der Waals surface area contributed by atoms with E-state index in [4.69, 9.17) is 9.47 Å². The molecule has 0 saturated heterocycles. The quantitative estimate of drug-likeness (QED) is 0.0367. The highest BCUT2D eigenvalue weighted by Crippen LogP contribution is 2.17. The Balaban J connectivity index is 3.60. The van der Waals surface area contributed by atoms with E-state index < -0.39 is 6.10 Å². The zero-order valence-electron chi connectivity index (χ0n) is 35.5. The molecule has 54 heavy (non-hydrogen) atoms. The van der Waals surface area contributed by atoms with E-state index >= 15 is 0 Å². The maximum atomic E-state index is 12.2. The van der Waals surface area contributed by atoms with E-state index in [1.807, 2.05) is 0 Å². The summed E-state index contributed by atoms with van der Waals surface area (Å²) in [6.07, 6.45) is 49.6. The number of aliphatic hydroxyl groups excluding tert-OH is 2. The van der Waals surface area contributed by atoms with Gasteiger partial charge >= 0.3 is 11.9 Å². The third kappa shape index (κ3) is 39.5. The minimum Gasteiger partial charge on any atom is -0.462 e. The Morgan fingerprint density at radius 1 is 0.556 bits per heavy atom. The number of aliphatic hydroxyl groups is 2. The highest BCUT2D eigenvalue weighted by atomic mass is 16.6. The molecule has 0 aromatic heterocycles. The van der Waals surface area contributed by atoms with Gasteiger partial charge in [-0.25, -0.2) is 0 Å². The molecule has 314 valence electrons. The average molecular weight is 759 g/mol. The fraction of sp³-hybridized carbons (Fsp3) is 0.792. The summed E-state index contributed by atoms with van der Waals surface area (Å²) in [4.78, 5) is 24.3. The summed E-state index contributed by atoms with van der Waals surface area (Å²) >= 11 is 0. The van der Waals surface area contributed by atoms with Gasteiger partial charge < -0.3 is 19.7 Å². The molecule has 0 spiro atoms. The summed E-state index contributed by atoms with van der Waals surface area (Å²) in [6, 6.07) is 0. The van der Waals surface area contributed by atoms with Crippen molar-refractivity contribution >= 4 is 11.9 Å². The molecule has 6 nitrogen and oxygen atoms in total. The van der Waals surface area contributed by atoms with E-state index in [0.717, 1.165) is 70.1 Å². The number of carbonyl (C=O) groups is 2. The SMILES string of the molecule is CCCC(O)C/C=C\C/C=C\C/C=C\C/C=C\CCCC(=O)OC[C@H](CO)OC(=O)CCCCCCCCCCCCCCCCCCCCC(C)CC. The fourth-order valence-electron chi connectivity index (χ4n) is 6.42. The van der Waals surface area contributed by atoms with Gasteiger partial charge in [0.25, 0.3) is 0 Å². The van der Waals surface area contributed by atoms with Crippen molar-refractivity contribution in [1.82, 2.24) is 0 Å². The molecule has 0 heterocycles. The minimum atomic E-state index is -0.803. The molecule has 0 rings (SSSR count). The second-order valence-corrected chi connectivity index (χ2v) is 15.6. The molecule has 0 aliphatic rings. The van der Waals surface area contributed by atoms with Crippen LogP contribution in [0.5, 0.6) is 0 Å². The van der Waals surface area contributed by atoms with Gasteiger partial charge in [0, 0.05) is 12.8 Å². The molecule has 0 aromatic carbocycles. The number of hydrogen-bond donors (Lipinski definition) is 2. The smallest absolute Gasteiger partial charge is 0.306 e. The Morgan fingerprint density at radius 2 is 1.00 bits per heavy atom. The summed E-state index contributed by atoms with van der Waals surface area (Å²) in [5.41, 5.74) is 0. The molecule has 0 fully saturated rings. The van der Waals surface area contributed by atoms with Crippen LogP contribution in [0, 0.1) is 5.92 Å². The lowest BCUT2D eigenvalue weighted by Gasteiger charge is -2.15. The fourth-order valence-corrected chi connectivity index (χ4v) is 6.42. The molecular formula is C48H86O6. The third-order valence-electron chi connectivity index (χ3n) is 10.2.